The highest BCUT2D eigenvalue weighted by Crippen LogP contribution is 2.27. The standard InChI is InChI=1S/C11H13F3O4S/c1-19(15,16)17-8-7-10(11(12,13)14)18-9-5-3-2-4-6-9/h2-6,10H,7-8H2,1H3. The fourth-order valence-corrected chi connectivity index (χ4v) is 1.66. The second kappa shape index (κ2) is 6.25. The van der Waals surface area contributed by atoms with Crippen LogP contribution in [0.15, 0.2) is 30.3 Å². The summed E-state index contributed by atoms with van der Waals surface area (Å²) in [5.74, 6) is 0.0594. The molecule has 0 saturated carbocycles. The van der Waals surface area contributed by atoms with E-state index >= 15 is 0 Å². The van der Waals surface area contributed by atoms with Gasteiger partial charge < -0.3 is 4.74 Å². The van der Waals surface area contributed by atoms with Gasteiger partial charge >= 0.3 is 6.18 Å². The van der Waals surface area contributed by atoms with Crippen molar-refractivity contribution < 1.29 is 30.5 Å². The van der Waals surface area contributed by atoms with Gasteiger partial charge in [0.1, 0.15) is 5.75 Å². The van der Waals surface area contributed by atoms with E-state index in [1.54, 1.807) is 6.07 Å². The van der Waals surface area contributed by atoms with Crippen molar-refractivity contribution in [2.24, 2.45) is 0 Å². The van der Waals surface area contributed by atoms with Gasteiger partial charge in [0.15, 0.2) is 6.10 Å². The topological polar surface area (TPSA) is 52.6 Å². The molecule has 0 spiro atoms. The fourth-order valence-electron chi connectivity index (χ4n) is 1.26. The van der Waals surface area contributed by atoms with E-state index < -0.39 is 35.4 Å². The lowest BCUT2D eigenvalue weighted by atomic mass is 10.2. The number of hydrogen-bond acceptors (Lipinski definition) is 4. The van der Waals surface area contributed by atoms with Crippen molar-refractivity contribution in [1.82, 2.24) is 0 Å². The third-order valence-electron chi connectivity index (χ3n) is 2.06. The average Bonchev–Trinajstić information content (AvgIpc) is 2.26. The second-order valence-corrected chi connectivity index (χ2v) is 5.42. The molecule has 1 atom stereocenters. The lowest BCUT2D eigenvalue weighted by molar-refractivity contribution is -0.198. The van der Waals surface area contributed by atoms with Gasteiger partial charge in [0.05, 0.1) is 12.9 Å². The Kier molecular flexibility index (Phi) is 5.19. The second-order valence-electron chi connectivity index (χ2n) is 3.78. The van der Waals surface area contributed by atoms with Crippen LogP contribution in [0.5, 0.6) is 5.75 Å². The van der Waals surface area contributed by atoms with Gasteiger partial charge in [-0.2, -0.15) is 21.6 Å². The quantitative estimate of drug-likeness (QED) is 0.757. The van der Waals surface area contributed by atoms with E-state index in [4.69, 9.17) is 4.74 Å². The Morgan fingerprint density at radius 2 is 1.79 bits per heavy atom. The van der Waals surface area contributed by atoms with Crippen LogP contribution in [0.25, 0.3) is 0 Å². The van der Waals surface area contributed by atoms with Crippen LogP contribution in [0.4, 0.5) is 13.2 Å². The first kappa shape index (κ1) is 15.8. The molecule has 1 aromatic rings. The van der Waals surface area contributed by atoms with Gasteiger partial charge in [-0.05, 0) is 12.1 Å². The third kappa shape index (κ3) is 6.44. The predicted molar refractivity (Wildman–Crippen MR) is 62.3 cm³/mol. The first-order chi connectivity index (χ1) is 8.68. The zero-order chi connectivity index (χ0) is 14.5. The van der Waals surface area contributed by atoms with Crippen molar-refractivity contribution in [2.75, 3.05) is 12.9 Å². The highest BCUT2D eigenvalue weighted by atomic mass is 32.2. The first-order valence-corrected chi connectivity index (χ1v) is 7.13. The van der Waals surface area contributed by atoms with Crippen LogP contribution in [0, 0.1) is 0 Å². The summed E-state index contributed by atoms with van der Waals surface area (Å²) in [7, 11) is -3.76. The highest BCUT2D eigenvalue weighted by molar-refractivity contribution is 7.85. The maximum atomic E-state index is 12.7. The van der Waals surface area contributed by atoms with E-state index in [0.29, 0.717) is 0 Å². The number of halogens is 3. The van der Waals surface area contributed by atoms with Crippen LogP contribution < -0.4 is 4.74 Å². The molecule has 4 nitrogen and oxygen atoms in total. The normalized spacial score (nSPS) is 14.1. The largest absolute Gasteiger partial charge is 0.481 e. The van der Waals surface area contributed by atoms with Gasteiger partial charge in [0.2, 0.25) is 0 Å². The van der Waals surface area contributed by atoms with Crippen LogP contribution >= 0.6 is 0 Å². The minimum absolute atomic E-state index is 0.0594. The molecule has 1 unspecified atom stereocenters. The van der Waals surface area contributed by atoms with E-state index in [9.17, 15) is 21.6 Å². The lowest BCUT2D eigenvalue weighted by Gasteiger charge is -2.21. The van der Waals surface area contributed by atoms with E-state index in [2.05, 4.69) is 4.18 Å². The Morgan fingerprint density at radius 1 is 1.21 bits per heavy atom. The summed E-state index contributed by atoms with van der Waals surface area (Å²) in [5.41, 5.74) is 0. The molecule has 1 rings (SSSR count). The molecule has 0 saturated heterocycles. The molecule has 108 valence electrons. The summed E-state index contributed by atoms with van der Waals surface area (Å²) in [5, 5.41) is 0. The molecule has 0 N–H and O–H groups in total. The summed E-state index contributed by atoms with van der Waals surface area (Å²) < 4.78 is 68.5. The maximum Gasteiger partial charge on any atom is 0.425 e. The number of alkyl halides is 3. The molecule has 0 amide bonds. The van der Waals surface area contributed by atoms with Gasteiger partial charge in [-0.15, -0.1) is 0 Å². The molecular weight excluding hydrogens is 285 g/mol. The van der Waals surface area contributed by atoms with Crippen molar-refractivity contribution in [3.05, 3.63) is 30.3 Å². The van der Waals surface area contributed by atoms with Crippen molar-refractivity contribution >= 4 is 10.1 Å². The van der Waals surface area contributed by atoms with E-state index in [0.717, 1.165) is 6.26 Å². The minimum atomic E-state index is -4.60. The Morgan fingerprint density at radius 3 is 2.26 bits per heavy atom. The molecule has 0 aliphatic heterocycles. The molecule has 0 aliphatic rings. The van der Waals surface area contributed by atoms with Crippen LogP contribution in [-0.2, 0) is 14.3 Å². The van der Waals surface area contributed by atoms with Gasteiger partial charge in [0.25, 0.3) is 10.1 Å². The molecule has 0 bridgehead atoms. The molecule has 0 radical (unpaired) electrons. The Bertz CT molecular complexity index is 484. The summed E-state index contributed by atoms with van der Waals surface area (Å²) >= 11 is 0. The predicted octanol–water partition coefficient (Wildman–Crippen LogP) is 2.36. The highest BCUT2D eigenvalue weighted by Gasteiger charge is 2.41. The summed E-state index contributed by atoms with van der Waals surface area (Å²) in [6.07, 6.45) is -6.55. The summed E-state index contributed by atoms with van der Waals surface area (Å²) in [6.45, 7) is -0.587. The Balaban J connectivity index is 2.63. The van der Waals surface area contributed by atoms with Crippen LogP contribution in [0.1, 0.15) is 6.42 Å². The van der Waals surface area contributed by atoms with Gasteiger partial charge in [-0.1, -0.05) is 18.2 Å². The number of ether oxygens (including phenoxy) is 1. The van der Waals surface area contributed by atoms with Crippen molar-refractivity contribution in [2.45, 2.75) is 18.7 Å². The van der Waals surface area contributed by atoms with E-state index in [1.165, 1.54) is 24.3 Å². The molecule has 8 heteroatoms. The summed E-state index contributed by atoms with van der Waals surface area (Å²) in [4.78, 5) is 0. The molecule has 0 aromatic heterocycles. The molecule has 19 heavy (non-hydrogen) atoms. The Hall–Kier alpha value is -1.28. The van der Waals surface area contributed by atoms with Crippen LogP contribution in [0.3, 0.4) is 0 Å². The zero-order valence-electron chi connectivity index (χ0n) is 10.1. The monoisotopic (exact) mass is 298 g/mol. The van der Waals surface area contributed by atoms with Gasteiger partial charge in [0, 0.05) is 6.42 Å². The van der Waals surface area contributed by atoms with E-state index in [-0.39, 0.29) is 5.75 Å². The molecular formula is C11H13F3O4S. The van der Waals surface area contributed by atoms with Crippen molar-refractivity contribution in [1.29, 1.82) is 0 Å². The minimum Gasteiger partial charge on any atom is -0.481 e. The summed E-state index contributed by atoms with van der Waals surface area (Å²) in [6, 6.07) is 7.49. The number of para-hydroxylation sites is 1. The molecule has 0 fully saturated rings. The molecule has 0 aliphatic carbocycles. The van der Waals surface area contributed by atoms with E-state index in [1.807, 2.05) is 0 Å². The smallest absolute Gasteiger partial charge is 0.425 e. The van der Waals surface area contributed by atoms with Crippen LogP contribution in [0.2, 0.25) is 0 Å². The average molecular weight is 298 g/mol. The lowest BCUT2D eigenvalue weighted by Crippen LogP contribution is -2.35. The number of hydrogen-bond donors (Lipinski definition) is 0. The molecule has 0 heterocycles. The SMILES string of the molecule is CS(=O)(=O)OCCC(Oc1ccccc1)C(F)(F)F. The first-order valence-electron chi connectivity index (χ1n) is 5.31. The van der Waals surface area contributed by atoms with Crippen molar-refractivity contribution in [3.63, 3.8) is 0 Å². The van der Waals surface area contributed by atoms with Gasteiger partial charge in [-0.25, -0.2) is 0 Å². The van der Waals surface area contributed by atoms with Gasteiger partial charge in [-0.3, -0.25) is 4.18 Å². The third-order valence-corrected chi connectivity index (χ3v) is 2.66. The molecule has 1 aromatic carbocycles. The number of rotatable bonds is 6. The zero-order valence-corrected chi connectivity index (χ0v) is 10.9. The maximum absolute atomic E-state index is 12.7. The fraction of sp³-hybridized carbons (Fsp3) is 0.455. The number of benzene rings is 1. The Labute approximate surface area is 109 Å². The van der Waals surface area contributed by atoms with Crippen LogP contribution in [-0.4, -0.2) is 33.6 Å². The van der Waals surface area contributed by atoms with Crippen molar-refractivity contribution in [3.8, 4) is 5.75 Å².